The summed E-state index contributed by atoms with van der Waals surface area (Å²) in [6, 6.07) is 9.38. The fraction of sp³-hybridized carbons (Fsp3) is 0.286. The van der Waals surface area contributed by atoms with Gasteiger partial charge >= 0.3 is 5.69 Å². The Labute approximate surface area is 117 Å². The van der Waals surface area contributed by atoms with Crippen LogP contribution in [0.4, 0.5) is 5.69 Å². The second-order valence-electron chi connectivity index (χ2n) is 4.41. The quantitative estimate of drug-likeness (QED) is 0.934. The molecular formula is C14H16ClN3O. The highest BCUT2D eigenvalue weighted by Gasteiger charge is 2.02. The zero-order valence-corrected chi connectivity index (χ0v) is 11.7. The molecule has 0 fully saturated rings. The van der Waals surface area contributed by atoms with Crippen molar-refractivity contribution in [2.45, 2.75) is 20.4 Å². The fourth-order valence-corrected chi connectivity index (χ4v) is 2.05. The Morgan fingerprint density at radius 1 is 1.26 bits per heavy atom. The van der Waals surface area contributed by atoms with E-state index in [9.17, 15) is 4.79 Å². The molecule has 4 nitrogen and oxygen atoms in total. The van der Waals surface area contributed by atoms with Crippen molar-refractivity contribution in [1.29, 1.82) is 0 Å². The third-order valence-electron chi connectivity index (χ3n) is 2.86. The smallest absolute Gasteiger partial charge is 0.348 e. The maximum absolute atomic E-state index is 11.8. The van der Waals surface area contributed by atoms with E-state index in [0.717, 1.165) is 17.1 Å². The van der Waals surface area contributed by atoms with Gasteiger partial charge in [0.05, 0.1) is 0 Å². The molecule has 1 aromatic carbocycles. The van der Waals surface area contributed by atoms with Gasteiger partial charge in [-0.05, 0) is 44.2 Å². The van der Waals surface area contributed by atoms with Gasteiger partial charge in [-0.15, -0.1) is 0 Å². The highest BCUT2D eigenvalue weighted by Crippen LogP contribution is 2.12. The molecule has 100 valence electrons. The number of benzene rings is 1. The van der Waals surface area contributed by atoms with Crippen molar-refractivity contribution in [3.63, 3.8) is 0 Å². The van der Waals surface area contributed by atoms with Crippen molar-refractivity contribution in [1.82, 2.24) is 9.55 Å². The van der Waals surface area contributed by atoms with Crippen molar-refractivity contribution in [2.75, 3.05) is 11.9 Å². The molecule has 0 bridgehead atoms. The van der Waals surface area contributed by atoms with Gasteiger partial charge in [0.25, 0.3) is 0 Å². The Morgan fingerprint density at radius 2 is 1.95 bits per heavy atom. The minimum atomic E-state index is -0.199. The lowest BCUT2D eigenvalue weighted by Gasteiger charge is -2.11. The van der Waals surface area contributed by atoms with E-state index in [0.29, 0.717) is 18.1 Å². The molecule has 0 amide bonds. The van der Waals surface area contributed by atoms with Gasteiger partial charge in [0.15, 0.2) is 0 Å². The normalized spacial score (nSPS) is 10.5. The molecule has 0 atom stereocenters. The molecule has 0 unspecified atom stereocenters. The van der Waals surface area contributed by atoms with Crippen LogP contribution in [0.15, 0.2) is 35.1 Å². The van der Waals surface area contributed by atoms with Crippen LogP contribution in [0.1, 0.15) is 11.4 Å². The highest BCUT2D eigenvalue weighted by molar-refractivity contribution is 6.30. The van der Waals surface area contributed by atoms with Gasteiger partial charge in [-0.25, -0.2) is 4.79 Å². The van der Waals surface area contributed by atoms with Crippen LogP contribution in [0.2, 0.25) is 5.02 Å². The number of aryl methyl sites for hydroxylation is 2. The largest absolute Gasteiger partial charge is 0.383 e. The first-order chi connectivity index (χ1) is 9.06. The maximum Gasteiger partial charge on any atom is 0.348 e. The molecule has 0 aliphatic carbocycles. The van der Waals surface area contributed by atoms with Gasteiger partial charge in [0.2, 0.25) is 0 Å². The third kappa shape index (κ3) is 3.58. The molecule has 0 aliphatic rings. The zero-order chi connectivity index (χ0) is 13.8. The van der Waals surface area contributed by atoms with Crippen molar-refractivity contribution < 1.29 is 0 Å². The first-order valence-corrected chi connectivity index (χ1v) is 6.48. The van der Waals surface area contributed by atoms with E-state index in [1.54, 1.807) is 4.57 Å². The van der Waals surface area contributed by atoms with Gasteiger partial charge in [-0.3, -0.25) is 4.57 Å². The van der Waals surface area contributed by atoms with Gasteiger partial charge in [0, 0.05) is 35.2 Å². The van der Waals surface area contributed by atoms with Crippen LogP contribution in [0.3, 0.4) is 0 Å². The number of rotatable bonds is 4. The minimum absolute atomic E-state index is 0.199. The summed E-state index contributed by atoms with van der Waals surface area (Å²) in [4.78, 5) is 15.7. The van der Waals surface area contributed by atoms with Crippen molar-refractivity contribution in [2.24, 2.45) is 0 Å². The Morgan fingerprint density at radius 3 is 2.58 bits per heavy atom. The van der Waals surface area contributed by atoms with Crippen LogP contribution in [-0.2, 0) is 6.54 Å². The first-order valence-electron chi connectivity index (χ1n) is 6.11. The van der Waals surface area contributed by atoms with Crippen LogP contribution in [0.5, 0.6) is 0 Å². The van der Waals surface area contributed by atoms with Gasteiger partial charge < -0.3 is 5.32 Å². The molecule has 1 heterocycles. The molecule has 1 aromatic heterocycles. The summed E-state index contributed by atoms with van der Waals surface area (Å²) in [7, 11) is 0. The van der Waals surface area contributed by atoms with E-state index in [4.69, 9.17) is 11.6 Å². The topological polar surface area (TPSA) is 46.9 Å². The summed E-state index contributed by atoms with van der Waals surface area (Å²) >= 11 is 5.82. The van der Waals surface area contributed by atoms with E-state index in [1.165, 1.54) is 0 Å². The molecular weight excluding hydrogens is 262 g/mol. The highest BCUT2D eigenvalue weighted by atomic mass is 35.5. The maximum atomic E-state index is 11.8. The number of hydrogen-bond donors (Lipinski definition) is 1. The van der Waals surface area contributed by atoms with Crippen molar-refractivity contribution in [3.05, 3.63) is 57.2 Å². The van der Waals surface area contributed by atoms with Crippen molar-refractivity contribution in [3.8, 4) is 0 Å². The fourth-order valence-electron chi connectivity index (χ4n) is 1.93. The summed E-state index contributed by atoms with van der Waals surface area (Å²) in [5.41, 5.74) is 2.46. The number of halogens is 1. The number of nitrogens with one attached hydrogen (secondary N) is 1. The van der Waals surface area contributed by atoms with E-state index in [1.807, 2.05) is 44.2 Å². The molecule has 0 aliphatic heterocycles. The average Bonchev–Trinajstić information content (AvgIpc) is 2.34. The van der Waals surface area contributed by atoms with Crippen LogP contribution in [0.25, 0.3) is 0 Å². The number of hydrogen-bond acceptors (Lipinski definition) is 3. The van der Waals surface area contributed by atoms with Crippen LogP contribution >= 0.6 is 11.6 Å². The summed E-state index contributed by atoms with van der Waals surface area (Å²) in [6.07, 6.45) is 0. The second kappa shape index (κ2) is 5.89. The Kier molecular flexibility index (Phi) is 4.22. The van der Waals surface area contributed by atoms with Gasteiger partial charge in [0.1, 0.15) is 0 Å². The van der Waals surface area contributed by atoms with E-state index >= 15 is 0 Å². The zero-order valence-electron chi connectivity index (χ0n) is 11.0. The molecule has 0 spiro atoms. The molecule has 1 N–H and O–H groups in total. The van der Waals surface area contributed by atoms with E-state index in [2.05, 4.69) is 10.3 Å². The predicted molar refractivity (Wildman–Crippen MR) is 77.9 cm³/mol. The average molecular weight is 278 g/mol. The molecule has 2 aromatic rings. The number of nitrogens with zero attached hydrogens (tertiary/aromatic N) is 2. The van der Waals surface area contributed by atoms with Gasteiger partial charge in [-0.1, -0.05) is 11.6 Å². The molecule has 5 heteroatoms. The van der Waals surface area contributed by atoms with Crippen LogP contribution in [-0.4, -0.2) is 16.1 Å². The summed E-state index contributed by atoms with van der Waals surface area (Å²) in [6.45, 7) is 4.98. The van der Waals surface area contributed by atoms with E-state index in [-0.39, 0.29) is 5.69 Å². The lowest BCUT2D eigenvalue weighted by molar-refractivity contribution is 0.648. The Hall–Kier alpha value is -1.81. The molecule has 0 saturated carbocycles. The lowest BCUT2D eigenvalue weighted by Crippen LogP contribution is -2.28. The lowest BCUT2D eigenvalue weighted by atomic mass is 10.3. The third-order valence-corrected chi connectivity index (χ3v) is 3.11. The molecule has 0 radical (unpaired) electrons. The van der Waals surface area contributed by atoms with Crippen molar-refractivity contribution >= 4 is 17.3 Å². The predicted octanol–water partition coefficient (Wildman–Crippen LogP) is 2.63. The number of anilines is 1. The summed E-state index contributed by atoms with van der Waals surface area (Å²) < 4.78 is 1.66. The van der Waals surface area contributed by atoms with Gasteiger partial charge in [-0.2, -0.15) is 4.98 Å². The van der Waals surface area contributed by atoms with E-state index < -0.39 is 0 Å². The minimum Gasteiger partial charge on any atom is -0.383 e. The standard InChI is InChI=1S/C14H16ClN3O/c1-10-9-11(2)18(14(19)17-10)8-7-16-13-5-3-12(15)4-6-13/h3-6,9,16H,7-8H2,1-2H3. The summed E-state index contributed by atoms with van der Waals surface area (Å²) in [5.74, 6) is 0. The monoisotopic (exact) mass is 277 g/mol. The Balaban J connectivity index is 2.00. The first kappa shape index (κ1) is 13.6. The number of aromatic nitrogens is 2. The Bertz CT molecular complexity index is 620. The second-order valence-corrected chi connectivity index (χ2v) is 4.84. The SMILES string of the molecule is Cc1cc(C)n(CCNc2ccc(Cl)cc2)c(=O)n1. The van der Waals surface area contributed by atoms with Crippen LogP contribution in [0, 0.1) is 13.8 Å². The molecule has 0 saturated heterocycles. The summed E-state index contributed by atoms with van der Waals surface area (Å²) in [5, 5.41) is 3.95. The molecule has 19 heavy (non-hydrogen) atoms. The molecule has 2 rings (SSSR count). The van der Waals surface area contributed by atoms with Crippen LogP contribution < -0.4 is 11.0 Å².